The number of halogens is 2. The van der Waals surface area contributed by atoms with E-state index in [-0.39, 0.29) is 11.9 Å². The van der Waals surface area contributed by atoms with E-state index >= 15 is 0 Å². The highest BCUT2D eigenvalue weighted by atomic mass is 35.5. The van der Waals surface area contributed by atoms with E-state index in [2.05, 4.69) is 35.0 Å². The maximum atomic E-state index is 13.2. The van der Waals surface area contributed by atoms with E-state index in [9.17, 15) is 4.39 Å². The number of anilines is 1. The molecule has 0 aliphatic carbocycles. The topological polar surface area (TPSA) is 52.0 Å². The molecule has 2 aromatic heterocycles. The van der Waals surface area contributed by atoms with Crippen LogP contribution in [0, 0.1) is 5.82 Å². The van der Waals surface area contributed by atoms with Crippen molar-refractivity contribution in [3.05, 3.63) is 65.3 Å². The molecule has 0 unspecified atom stereocenters. The highest BCUT2D eigenvalue weighted by molar-refractivity contribution is 6.76. The Kier molecular flexibility index (Phi) is 7.28. The van der Waals surface area contributed by atoms with Gasteiger partial charge in [0, 0.05) is 32.5 Å². The van der Waals surface area contributed by atoms with E-state index in [0.29, 0.717) is 17.7 Å². The summed E-state index contributed by atoms with van der Waals surface area (Å²) in [5.41, 5.74) is 2.81. The molecule has 30 heavy (non-hydrogen) atoms. The van der Waals surface area contributed by atoms with Gasteiger partial charge in [-0.1, -0.05) is 43.4 Å². The summed E-state index contributed by atoms with van der Waals surface area (Å²) < 4.78 is 20.7. The summed E-state index contributed by atoms with van der Waals surface area (Å²) in [4.78, 5) is 4.37. The van der Waals surface area contributed by atoms with Crippen LogP contribution in [0.4, 0.5) is 10.2 Å². The molecule has 0 fully saturated rings. The zero-order valence-corrected chi connectivity index (χ0v) is 19.6. The molecule has 0 aliphatic rings. The van der Waals surface area contributed by atoms with Gasteiger partial charge in [0.1, 0.15) is 23.5 Å². The Morgan fingerprint density at radius 2 is 1.90 bits per heavy atom. The molecule has 5 nitrogen and oxygen atoms in total. The minimum absolute atomic E-state index is 0.0492. The van der Waals surface area contributed by atoms with Crippen molar-refractivity contribution in [1.29, 1.82) is 0 Å². The molecule has 3 aromatic rings. The smallest absolute Gasteiger partial charge is 0.139 e. The standard InChI is InChI=1S/C22H28ClFN4OSi/c1-16(17-5-7-20(24)8-6-17)26-22-12-18(11-21(23)27-22)19-13-25-28(14-19)15-29-9-10-30(2,3)4/h5-8,11-14,16H,9-10,15H2,1-4H3,(H,26,27)/t16-/m0/s1. The van der Waals surface area contributed by atoms with Crippen LogP contribution in [0.3, 0.4) is 0 Å². The maximum absolute atomic E-state index is 13.2. The zero-order chi connectivity index (χ0) is 21.7. The molecule has 0 saturated heterocycles. The van der Waals surface area contributed by atoms with Gasteiger partial charge in [-0.3, -0.25) is 0 Å². The first kappa shape index (κ1) is 22.5. The highest BCUT2D eigenvalue weighted by Gasteiger charge is 2.13. The number of nitrogens with one attached hydrogen (secondary N) is 1. The molecule has 160 valence electrons. The Balaban J connectivity index is 1.66. The van der Waals surface area contributed by atoms with Crippen molar-refractivity contribution >= 4 is 25.5 Å². The Bertz CT molecular complexity index is 972. The number of nitrogens with zero attached hydrogens (tertiary/aromatic N) is 3. The van der Waals surface area contributed by atoms with Crippen molar-refractivity contribution in [3.63, 3.8) is 0 Å². The molecule has 0 saturated carbocycles. The summed E-state index contributed by atoms with van der Waals surface area (Å²) in [6.07, 6.45) is 3.73. The van der Waals surface area contributed by atoms with Gasteiger partial charge in [0.15, 0.2) is 0 Å². The number of hydrogen-bond donors (Lipinski definition) is 1. The first-order valence-electron chi connectivity index (χ1n) is 10.00. The summed E-state index contributed by atoms with van der Waals surface area (Å²) in [6, 6.07) is 11.2. The van der Waals surface area contributed by atoms with E-state index in [0.717, 1.165) is 29.3 Å². The molecule has 0 aliphatic heterocycles. The van der Waals surface area contributed by atoms with Crippen LogP contribution in [-0.2, 0) is 11.5 Å². The lowest BCUT2D eigenvalue weighted by molar-refractivity contribution is 0.0786. The van der Waals surface area contributed by atoms with Gasteiger partial charge < -0.3 is 10.1 Å². The van der Waals surface area contributed by atoms with Gasteiger partial charge in [-0.2, -0.15) is 5.10 Å². The SMILES string of the molecule is C[C@H](Nc1cc(-c2cnn(COCC[Si](C)(C)C)c2)cc(Cl)n1)c1ccc(F)cc1. The van der Waals surface area contributed by atoms with Crippen molar-refractivity contribution in [3.8, 4) is 11.1 Å². The molecular formula is C22H28ClFN4OSi. The predicted molar refractivity (Wildman–Crippen MR) is 123 cm³/mol. The van der Waals surface area contributed by atoms with Gasteiger partial charge in [0.25, 0.3) is 0 Å². The number of pyridine rings is 1. The molecule has 1 atom stereocenters. The van der Waals surface area contributed by atoms with Gasteiger partial charge in [0.05, 0.1) is 6.20 Å². The largest absolute Gasteiger partial charge is 0.363 e. The second kappa shape index (κ2) is 9.72. The molecule has 2 heterocycles. The Labute approximate surface area is 183 Å². The van der Waals surface area contributed by atoms with E-state index in [1.165, 1.54) is 12.1 Å². The molecule has 0 spiro atoms. The third-order valence-corrected chi connectivity index (χ3v) is 6.61. The van der Waals surface area contributed by atoms with Gasteiger partial charge in [0.2, 0.25) is 0 Å². The lowest BCUT2D eigenvalue weighted by Gasteiger charge is -2.16. The monoisotopic (exact) mass is 446 g/mol. The third kappa shape index (κ3) is 6.65. The zero-order valence-electron chi connectivity index (χ0n) is 17.8. The van der Waals surface area contributed by atoms with E-state index < -0.39 is 8.07 Å². The molecule has 3 rings (SSSR count). The summed E-state index contributed by atoms with van der Waals surface area (Å²) in [6.45, 7) is 10.2. The van der Waals surface area contributed by atoms with Crippen molar-refractivity contribution in [2.75, 3.05) is 11.9 Å². The molecule has 0 bridgehead atoms. The fourth-order valence-electron chi connectivity index (χ4n) is 2.91. The van der Waals surface area contributed by atoms with E-state index in [1.807, 2.05) is 25.3 Å². The minimum Gasteiger partial charge on any atom is -0.363 e. The van der Waals surface area contributed by atoms with Crippen LogP contribution < -0.4 is 5.32 Å². The van der Waals surface area contributed by atoms with Crippen molar-refractivity contribution in [2.45, 2.75) is 45.4 Å². The van der Waals surface area contributed by atoms with Crippen LogP contribution in [0.15, 0.2) is 48.8 Å². The Hall–Kier alpha value is -2.22. The average Bonchev–Trinajstić information content (AvgIpc) is 3.13. The van der Waals surface area contributed by atoms with Crippen molar-refractivity contribution < 1.29 is 9.13 Å². The number of benzene rings is 1. The third-order valence-electron chi connectivity index (χ3n) is 4.72. The normalized spacial score (nSPS) is 12.7. The van der Waals surface area contributed by atoms with Crippen LogP contribution in [0.25, 0.3) is 11.1 Å². The second-order valence-corrected chi connectivity index (χ2v) is 14.6. The first-order chi connectivity index (χ1) is 14.2. The lowest BCUT2D eigenvalue weighted by Crippen LogP contribution is -2.22. The fraction of sp³-hybridized carbons (Fsp3) is 0.364. The van der Waals surface area contributed by atoms with Gasteiger partial charge in [-0.25, -0.2) is 14.1 Å². The Morgan fingerprint density at radius 3 is 2.60 bits per heavy atom. The van der Waals surface area contributed by atoms with Crippen molar-refractivity contribution in [2.24, 2.45) is 0 Å². The van der Waals surface area contributed by atoms with Crippen LogP contribution in [0.1, 0.15) is 18.5 Å². The van der Waals surface area contributed by atoms with Crippen LogP contribution in [0.5, 0.6) is 0 Å². The van der Waals surface area contributed by atoms with Gasteiger partial charge >= 0.3 is 0 Å². The summed E-state index contributed by atoms with van der Waals surface area (Å²) >= 11 is 6.25. The lowest BCUT2D eigenvalue weighted by atomic mass is 10.1. The number of rotatable bonds is 9. The summed E-state index contributed by atoms with van der Waals surface area (Å²) in [5, 5.41) is 8.10. The number of ether oxygens (including phenoxy) is 1. The number of hydrogen-bond acceptors (Lipinski definition) is 4. The first-order valence-corrected chi connectivity index (χ1v) is 14.1. The average molecular weight is 447 g/mol. The van der Waals surface area contributed by atoms with Crippen LogP contribution in [0.2, 0.25) is 30.8 Å². The molecule has 8 heteroatoms. The summed E-state index contributed by atoms with van der Waals surface area (Å²) in [5.74, 6) is 0.393. The summed E-state index contributed by atoms with van der Waals surface area (Å²) in [7, 11) is -1.10. The molecular weight excluding hydrogens is 419 g/mol. The van der Waals surface area contributed by atoms with Gasteiger partial charge in [-0.15, -0.1) is 0 Å². The van der Waals surface area contributed by atoms with Crippen molar-refractivity contribution in [1.82, 2.24) is 14.8 Å². The predicted octanol–water partition coefficient (Wildman–Crippen LogP) is 6.22. The van der Waals surface area contributed by atoms with E-state index in [1.54, 1.807) is 23.0 Å². The fourth-order valence-corrected chi connectivity index (χ4v) is 3.88. The highest BCUT2D eigenvalue weighted by Crippen LogP contribution is 2.27. The molecule has 0 amide bonds. The second-order valence-electron chi connectivity index (χ2n) is 8.60. The van der Waals surface area contributed by atoms with Gasteiger partial charge in [-0.05, 0) is 48.4 Å². The molecule has 1 N–H and O–H groups in total. The van der Waals surface area contributed by atoms with Crippen LogP contribution >= 0.6 is 11.6 Å². The minimum atomic E-state index is -1.10. The molecule has 1 aromatic carbocycles. The quantitative estimate of drug-likeness (QED) is 0.240. The Morgan fingerprint density at radius 1 is 1.17 bits per heavy atom. The van der Waals surface area contributed by atoms with E-state index in [4.69, 9.17) is 16.3 Å². The van der Waals surface area contributed by atoms with Crippen LogP contribution in [-0.4, -0.2) is 29.4 Å². The number of aromatic nitrogens is 3. The molecule has 0 radical (unpaired) electrons. The maximum Gasteiger partial charge on any atom is 0.139 e.